The summed E-state index contributed by atoms with van der Waals surface area (Å²) in [5.74, 6) is 0. The van der Waals surface area contributed by atoms with Crippen LogP contribution in [0, 0.1) is 0 Å². The maximum absolute atomic E-state index is 11.5. The molecule has 0 fully saturated rings. The van der Waals surface area contributed by atoms with Gasteiger partial charge in [0.1, 0.15) is 12.8 Å². The number of hydrogen-bond acceptors (Lipinski definition) is 3. The number of aldehydes is 1. The van der Waals surface area contributed by atoms with Gasteiger partial charge in [0.25, 0.3) is 0 Å². The topological polar surface area (TPSA) is 47.0 Å². The molecule has 0 radical (unpaired) electrons. The SMILES string of the molecule is CP(C)(=O)c1ccnc(C=O)c1. The lowest BCUT2D eigenvalue weighted by Gasteiger charge is -2.05. The van der Waals surface area contributed by atoms with E-state index in [1.807, 2.05) is 0 Å². The summed E-state index contributed by atoms with van der Waals surface area (Å²) < 4.78 is 11.5. The van der Waals surface area contributed by atoms with Crippen molar-refractivity contribution in [2.75, 3.05) is 13.3 Å². The molecule has 0 spiro atoms. The van der Waals surface area contributed by atoms with Crippen molar-refractivity contribution in [1.82, 2.24) is 4.98 Å². The fourth-order valence-corrected chi connectivity index (χ4v) is 1.70. The van der Waals surface area contributed by atoms with Crippen LogP contribution in [0.5, 0.6) is 0 Å². The Morgan fingerprint density at radius 3 is 2.67 bits per heavy atom. The summed E-state index contributed by atoms with van der Waals surface area (Å²) >= 11 is 0. The molecule has 1 aromatic rings. The molecule has 0 aliphatic heterocycles. The second kappa shape index (κ2) is 3.20. The molecule has 0 aromatic carbocycles. The third-order valence-corrected chi connectivity index (χ3v) is 3.03. The van der Waals surface area contributed by atoms with E-state index in [-0.39, 0.29) is 0 Å². The average molecular weight is 183 g/mol. The summed E-state index contributed by atoms with van der Waals surface area (Å²) in [6.45, 7) is 3.33. The van der Waals surface area contributed by atoms with Gasteiger partial charge in [0, 0.05) is 11.5 Å². The van der Waals surface area contributed by atoms with Gasteiger partial charge in [-0.1, -0.05) is 0 Å². The molecule has 0 saturated carbocycles. The summed E-state index contributed by atoms with van der Waals surface area (Å²) in [4.78, 5) is 14.1. The molecule has 0 aliphatic carbocycles. The molecule has 0 aliphatic rings. The Hall–Kier alpha value is -0.950. The van der Waals surface area contributed by atoms with Crippen LogP contribution in [0.1, 0.15) is 10.5 Å². The zero-order chi connectivity index (χ0) is 9.19. The number of carbonyl (C=O) groups excluding carboxylic acids is 1. The van der Waals surface area contributed by atoms with Crippen molar-refractivity contribution < 1.29 is 9.36 Å². The summed E-state index contributed by atoms with van der Waals surface area (Å²) in [5.41, 5.74) is 0.330. The molecule has 0 amide bonds. The number of aromatic nitrogens is 1. The Kier molecular flexibility index (Phi) is 2.43. The van der Waals surface area contributed by atoms with Gasteiger partial charge in [-0.05, 0) is 25.5 Å². The lowest BCUT2D eigenvalue weighted by atomic mass is 10.4. The van der Waals surface area contributed by atoms with Crippen LogP contribution in [0.2, 0.25) is 0 Å². The van der Waals surface area contributed by atoms with Gasteiger partial charge in [0.15, 0.2) is 6.29 Å². The fraction of sp³-hybridized carbons (Fsp3) is 0.250. The molecule has 4 heteroatoms. The van der Waals surface area contributed by atoms with Gasteiger partial charge in [0.2, 0.25) is 0 Å². The first-order valence-corrected chi connectivity index (χ1v) is 6.11. The highest BCUT2D eigenvalue weighted by Crippen LogP contribution is 2.33. The molecule has 0 N–H and O–H groups in total. The Morgan fingerprint density at radius 2 is 2.17 bits per heavy atom. The third-order valence-electron chi connectivity index (χ3n) is 1.51. The van der Waals surface area contributed by atoms with Crippen LogP contribution >= 0.6 is 7.14 Å². The second-order valence-corrected chi connectivity index (χ2v) is 6.13. The lowest BCUT2D eigenvalue weighted by Crippen LogP contribution is -2.04. The molecule has 64 valence electrons. The van der Waals surface area contributed by atoms with Crippen molar-refractivity contribution in [1.29, 1.82) is 0 Å². The van der Waals surface area contributed by atoms with Gasteiger partial charge in [-0.2, -0.15) is 0 Å². The number of nitrogens with zero attached hydrogens (tertiary/aromatic N) is 1. The van der Waals surface area contributed by atoms with Crippen LogP contribution < -0.4 is 5.30 Å². The van der Waals surface area contributed by atoms with E-state index in [0.29, 0.717) is 17.3 Å². The van der Waals surface area contributed by atoms with E-state index in [1.165, 1.54) is 6.20 Å². The molecule has 3 nitrogen and oxygen atoms in total. The van der Waals surface area contributed by atoms with E-state index in [4.69, 9.17) is 0 Å². The fourth-order valence-electron chi connectivity index (χ4n) is 0.836. The summed E-state index contributed by atoms with van der Waals surface area (Å²) in [6, 6.07) is 3.24. The van der Waals surface area contributed by atoms with Crippen molar-refractivity contribution >= 4 is 18.7 Å². The first-order chi connectivity index (χ1) is 5.54. The minimum absolute atomic E-state index is 0.330. The first-order valence-electron chi connectivity index (χ1n) is 3.51. The van der Waals surface area contributed by atoms with Crippen LogP contribution in [0.4, 0.5) is 0 Å². The van der Waals surface area contributed by atoms with E-state index in [1.54, 1.807) is 25.5 Å². The zero-order valence-electron chi connectivity index (χ0n) is 7.02. The van der Waals surface area contributed by atoms with Crippen LogP contribution in [0.15, 0.2) is 18.3 Å². The van der Waals surface area contributed by atoms with E-state index in [0.717, 1.165) is 0 Å². The van der Waals surface area contributed by atoms with E-state index >= 15 is 0 Å². The number of hydrogen-bond donors (Lipinski definition) is 0. The molecule has 1 rings (SSSR count). The molecule has 1 aromatic heterocycles. The monoisotopic (exact) mass is 183 g/mol. The third kappa shape index (κ3) is 2.02. The van der Waals surface area contributed by atoms with Crippen molar-refractivity contribution in [3.63, 3.8) is 0 Å². The van der Waals surface area contributed by atoms with Crippen molar-refractivity contribution in [3.8, 4) is 0 Å². The smallest absolute Gasteiger partial charge is 0.168 e. The maximum Gasteiger partial charge on any atom is 0.168 e. The largest absolute Gasteiger partial charge is 0.319 e. The molecule has 12 heavy (non-hydrogen) atoms. The van der Waals surface area contributed by atoms with E-state index in [2.05, 4.69) is 4.98 Å². The molecule has 0 saturated heterocycles. The van der Waals surface area contributed by atoms with Crippen LogP contribution in [-0.2, 0) is 4.57 Å². The molecule has 0 bridgehead atoms. The normalized spacial score (nSPS) is 11.2. The van der Waals surface area contributed by atoms with E-state index in [9.17, 15) is 9.36 Å². The van der Waals surface area contributed by atoms with Gasteiger partial charge in [-0.15, -0.1) is 0 Å². The molecular weight excluding hydrogens is 173 g/mol. The number of carbonyl (C=O) groups is 1. The lowest BCUT2D eigenvalue weighted by molar-refractivity contribution is 0.111. The standard InChI is InChI=1S/C8H10NO2P/c1-12(2,11)8-3-4-9-7(5-8)6-10/h3-6H,1-2H3. The molecule has 0 unspecified atom stereocenters. The van der Waals surface area contributed by atoms with Gasteiger partial charge < -0.3 is 4.57 Å². The highest BCUT2D eigenvalue weighted by molar-refractivity contribution is 7.70. The molecular formula is C8H10NO2P. The molecule has 1 heterocycles. The van der Waals surface area contributed by atoms with Gasteiger partial charge in [0.05, 0.1) is 0 Å². The average Bonchev–Trinajstić information content (AvgIpc) is 2.03. The van der Waals surface area contributed by atoms with E-state index < -0.39 is 7.14 Å². The minimum atomic E-state index is -2.26. The van der Waals surface area contributed by atoms with Crippen molar-refractivity contribution in [2.45, 2.75) is 0 Å². The predicted molar refractivity (Wildman–Crippen MR) is 48.7 cm³/mol. The Bertz CT molecular complexity index is 343. The highest BCUT2D eigenvalue weighted by Gasteiger charge is 2.10. The first kappa shape index (κ1) is 9.14. The Morgan fingerprint density at radius 1 is 1.50 bits per heavy atom. The second-order valence-electron chi connectivity index (χ2n) is 2.91. The molecule has 0 atom stereocenters. The van der Waals surface area contributed by atoms with Gasteiger partial charge in [-0.25, -0.2) is 0 Å². The minimum Gasteiger partial charge on any atom is -0.319 e. The number of rotatable bonds is 2. The van der Waals surface area contributed by atoms with Crippen molar-refractivity contribution in [3.05, 3.63) is 24.0 Å². The van der Waals surface area contributed by atoms with Crippen molar-refractivity contribution in [2.24, 2.45) is 0 Å². The van der Waals surface area contributed by atoms with Crippen LogP contribution in [-0.4, -0.2) is 24.6 Å². The zero-order valence-corrected chi connectivity index (χ0v) is 7.91. The quantitative estimate of drug-likeness (QED) is 0.510. The predicted octanol–water partition coefficient (Wildman–Crippen LogP) is 1.14. The van der Waals surface area contributed by atoms with Crippen LogP contribution in [0.25, 0.3) is 0 Å². The number of pyridine rings is 1. The van der Waals surface area contributed by atoms with Gasteiger partial charge in [-0.3, -0.25) is 9.78 Å². The van der Waals surface area contributed by atoms with Gasteiger partial charge >= 0.3 is 0 Å². The Labute approximate surface area is 71.2 Å². The summed E-state index contributed by atoms with van der Waals surface area (Å²) in [6.07, 6.45) is 2.15. The maximum atomic E-state index is 11.5. The Balaban J connectivity index is 3.19. The highest BCUT2D eigenvalue weighted by atomic mass is 31.2. The summed E-state index contributed by atoms with van der Waals surface area (Å²) in [7, 11) is -2.26. The summed E-state index contributed by atoms with van der Waals surface area (Å²) in [5, 5.41) is 0.694. The van der Waals surface area contributed by atoms with Crippen LogP contribution in [0.3, 0.4) is 0 Å².